The van der Waals surface area contributed by atoms with Crippen LogP contribution in [0.3, 0.4) is 0 Å². The molecule has 7 heteroatoms. The third-order valence-electron chi connectivity index (χ3n) is 7.59. The summed E-state index contributed by atoms with van der Waals surface area (Å²) in [6.45, 7) is 7.28. The van der Waals surface area contributed by atoms with Gasteiger partial charge in [-0.15, -0.1) is 10.2 Å². The fourth-order valence-corrected chi connectivity index (χ4v) is 5.04. The Morgan fingerprint density at radius 1 is 0.756 bits per heavy atom. The molecule has 1 saturated heterocycles. The summed E-state index contributed by atoms with van der Waals surface area (Å²) in [7, 11) is 0. The second-order valence-electron chi connectivity index (χ2n) is 10.5. The Morgan fingerprint density at radius 2 is 1.41 bits per heavy atom. The zero-order valence-electron chi connectivity index (χ0n) is 23.9. The lowest BCUT2D eigenvalue weighted by atomic mass is 10.0. The topological polar surface area (TPSA) is 69.6 Å². The minimum Gasteiger partial charge on any atom is -0.352 e. The van der Waals surface area contributed by atoms with Crippen LogP contribution in [0, 0.1) is 6.92 Å². The predicted molar refractivity (Wildman–Crippen MR) is 164 cm³/mol. The molecule has 0 spiro atoms. The molecule has 1 aliphatic heterocycles. The number of hydrogen-bond acceptors (Lipinski definition) is 5. The average Bonchev–Trinajstić information content (AvgIpc) is 3.03. The Balaban J connectivity index is 1.16. The van der Waals surface area contributed by atoms with Gasteiger partial charge in [-0.3, -0.25) is 9.59 Å². The smallest absolute Gasteiger partial charge is 0.254 e. The lowest BCUT2D eigenvalue weighted by molar-refractivity contribution is -0.132. The Morgan fingerprint density at radius 3 is 2.05 bits per heavy atom. The molecule has 0 atom stereocenters. The van der Waals surface area contributed by atoms with Crippen molar-refractivity contribution in [3.8, 4) is 22.4 Å². The van der Waals surface area contributed by atoms with Gasteiger partial charge < -0.3 is 14.7 Å². The van der Waals surface area contributed by atoms with E-state index in [2.05, 4.69) is 58.4 Å². The van der Waals surface area contributed by atoms with E-state index in [-0.39, 0.29) is 18.4 Å². The van der Waals surface area contributed by atoms with Gasteiger partial charge in [-0.2, -0.15) is 0 Å². The Hall–Kier alpha value is -4.52. The molecule has 0 unspecified atom stereocenters. The number of unbranched alkanes of at least 4 members (excludes halogenated alkanes) is 1. The zero-order valence-corrected chi connectivity index (χ0v) is 23.9. The largest absolute Gasteiger partial charge is 0.352 e. The molecule has 2 amide bonds. The van der Waals surface area contributed by atoms with E-state index in [1.807, 2.05) is 66.4 Å². The quantitative estimate of drug-likeness (QED) is 0.269. The molecule has 0 radical (unpaired) electrons. The minimum atomic E-state index is -0.0875. The summed E-state index contributed by atoms with van der Waals surface area (Å²) in [5, 5.41) is 8.98. The molecule has 210 valence electrons. The maximum absolute atomic E-state index is 13.2. The summed E-state index contributed by atoms with van der Waals surface area (Å²) >= 11 is 0. The van der Waals surface area contributed by atoms with Crippen molar-refractivity contribution in [2.75, 3.05) is 44.2 Å². The van der Waals surface area contributed by atoms with Crippen molar-refractivity contribution >= 4 is 17.6 Å². The number of carbonyl (C=O) groups is 2. The monoisotopic (exact) mass is 547 g/mol. The number of anilines is 1. The molecule has 1 aliphatic rings. The predicted octanol–water partition coefficient (Wildman–Crippen LogP) is 5.71. The average molecular weight is 548 g/mol. The van der Waals surface area contributed by atoms with E-state index in [1.54, 1.807) is 4.90 Å². The van der Waals surface area contributed by atoms with Crippen LogP contribution in [0.2, 0.25) is 0 Å². The molecule has 0 bridgehead atoms. The Bertz CT molecular complexity index is 1430. The molecule has 4 aromatic rings. The minimum absolute atomic E-state index is 0.0124. The summed E-state index contributed by atoms with van der Waals surface area (Å²) in [4.78, 5) is 32.1. The van der Waals surface area contributed by atoms with Gasteiger partial charge in [-0.05, 0) is 48.7 Å². The van der Waals surface area contributed by atoms with Crippen molar-refractivity contribution < 1.29 is 9.59 Å². The van der Waals surface area contributed by atoms with Gasteiger partial charge >= 0.3 is 0 Å². The molecule has 1 aromatic heterocycles. The number of amides is 2. The van der Waals surface area contributed by atoms with Crippen molar-refractivity contribution in [1.29, 1.82) is 0 Å². The lowest BCUT2D eigenvalue weighted by Crippen LogP contribution is -2.52. The van der Waals surface area contributed by atoms with Crippen LogP contribution in [-0.4, -0.2) is 71.1 Å². The molecule has 7 nitrogen and oxygen atoms in total. The van der Waals surface area contributed by atoms with Crippen LogP contribution < -0.4 is 4.90 Å². The highest BCUT2D eigenvalue weighted by Crippen LogP contribution is 2.24. The number of benzene rings is 3. The van der Waals surface area contributed by atoms with Gasteiger partial charge in [0.25, 0.3) is 5.91 Å². The molecular weight excluding hydrogens is 510 g/mol. The standard InChI is InChI=1S/C34H37N5O2/c1-3-4-20-39(34(41)30-12-10-26(2)11-13-30)25-33(40)38-23-21-37(22-24-38)32-19-18-31(35-36-32)29-16-14-28(15-17-29)27-8-6-5-7-9-27/h5-19H,3-4,20-25H2,1-2H3. The highest BCUT2D eigenvalue weighted by Gasteiger charge is 2.26. The van der Waals surface area contributed by atoms with Gasteiger partial charge in [0.05, 0.1) is 5.69 Å². The van der Waals surface area contributed by atoms with E-state index in [1.165, 1.54) is 11.1 Å². The van der Waals surface area contributed by atoms with Gasteiger partial charge in [0.15, 0.2) is 5.82 Å². The summed E-state index contributed by atoms with van der Waals surface area (Å²) < 4.78 is 0. The molecule has 0 aliphatic carbocycles. The van der Waals surface area contributed by atoms with Crippen LogP contribution in [0.25, 0.3) is 22.4 Å². The molecule has 2 heterocycles. The molecular formula is C34H37N5O2. The van der Waals surface area contributed by atoms with E-state index in [0.717, 1.165) is 35.5 Å². The van der Waals surface area contributed by atoms with Gasteiger partial charge in [0, 0.05) is 43.9 Å². The van der Waals surface area contributed by atoms with E-state index < -0.39 is 0 Å². The molecule has 0 saturated carbocycles. The SMILES string of the molecule is CCCCN(CC(=O)N1CCN(c2ccc(-c3ccc(-c4ccccc4)cc3)nn2)CC1)C(=O)c1ccc(C)cc1. The highest BCUT2D eigenvalue weighted by atomic mass is 16.2. The molecule has 41 heavy (non-hydrogen) atoms. The maximum atomic E-state index is 13.2. The van der Waals surface area contributed by atoms with Crippen LogP contribution in [0.1, 0.15) is 35.7 Å². The maximum Gasteiger partial charge on any atom is 0.254 e. The van der Waals surface area contributed by atoms with E-state index in [9.17, 15) is 9.59 Å². The molecule has 3 aromatic carbocycles. The third kappa shape index (κ3) is 6.98. The number of carbonyl (C=O) groups excluding carboxylic acids is 2. The van der Waals surface area contributed by atoms with Crippen molar-refractivity contribution in [3.05, 3.63) is 102 Å². The van der Waals surface area contributed by atoms with Crippen LogP contribution in [0.4, 0.5) is 5.82 Å². The number of hydrogen-bond donors (Lipinski definition) is 0. The highest BCUT2D eigenvalue weighted by molar-refractivity contribution is 5.96. The summed E-state index contributed by atoms with van der Waals surface area (Å²) in [5.41, 5.74) is 5.93. The number of piperazine rings is 1. The molecule has 0 N–H and O–H groups in total. The van der Waals surface area contributed by atoms with Crippen LogP contribution in [0.5, 0.6) is 0 Å². The number of aromatic nitrogens is 2. The van der Waals surface area contributed by atoms with Crippen LogP contribution in [0.15, 0.2) is 91.0 Å². The summed E-state index contributed by atoms with van der Waals surface area (Å²) in [6, 6.07) is 30.2. The molecule has 5 rings (SSSR count). The first-order chi connectivity index (χ1) is 20.0. The van der Waals surface area contributed by atoms with E-state index in [0.29, 0.717) is 38.3 Å². The van der Waals surface area contributed by atoms with Crippen LogP contribution in [-0.2, 0) is 4.79 Å². The fourth-order valence-electron chi connectivity index (χ4n) is 5.04. The second kappa shape index (κ2) is 13.2. The lowest BCUT2D eigenvalue weighted by Gasteiger charge is -2.36. The fraction of sp³-hybridized carbons (Fsp3) is 0.294. The Kier molecular flexibility index (Phi) is 9.04. The van der Waals surface area contributed by atoms with E-state index >= 15 is 0 Å². The number of aryl methyl sites for hydroxylation is 1. The Labute approximate surface area is 242 Å². The first-order valence-electron chi connectivity index (χ1n) is 14.4. The first kappa shape index (κ1) is 28.0. The normalized spacial score (nSPS) is 13.2. The van der Waals surface area contributed by atoms with Crippen LogP contribution >= 0.6 is 0 Å². The van der Waals surface area contributed by atoms with Crippen molar-refractivity contribution in [3.63, 3.8) is 0 Å². The van der Waals surface area contributed by atoms with Crippen molar-refractivity contribution in [2.24, 2.45) is 0 Å². The first-order valence-corrected chi connectivity index (χ1v) is 14.4. The van der Waals surface area contributed by atoms with Gasteiger partial charge in [-0.1, -0.05) is 85.6 Å². The number of rotatable bonds is 9. The third-order valence-corrected chi connectivity index (χ3v) is 7.59. The second-order valence-corrected chi connectivity index (χ2v) is 10.5. The summed E-state index contributed by atoms with van der Waals surface area (Å²) in [6.07, 6.45) is 1.83. The van der Waals surface area contributed by atoms with E-state index in [4.69, 9.17) is 0 Å². The van der Waals surface area contributed by atoms with Gasteiger partial charge in [-0.25, -0.2) is 0 Å². The van der Waals surface area contributed by atoms with Gasteiger partial charge in [0.2, 0.25) is 5.91 Å². The zero-order chi connectivity index (χ0) is 28.6. The van der Waals surface area contributed by atoms with Crippen molar-refractivity contribution in [2.45, 2.75) is 26.7 Å². The van der Waals surface area contributed by atoms with Crippen molar-refractivity contribution in [1.82, 2.24) is 20.0 Å². The number of nitrogens with zero attached hydrogens (tertiary/aromatic N) is 5. The molecule has 1 fully saturated rings. The van der Waals surface area contributed by atoms with Gasteiger partial charge in [0.1, 0.15) is 6.54 Å². The summed E-state index contributed by atoms with van der Waals surface area (Å²) in [5.74, 6) is 0.706.